The minimum Gasteiger partial charge on any atom is -0.478 e. The maximum Gasteiger partial charge on any atom is 0.339 e. The smallest absolute Gasteiger partial charge is 0.339 e. The molecule has 0 aliphatic heterocycles. The third-order valence-electron chi connectivity index (χ3n) is 2.24. The molecule has 1 rings (SSSR count). The van der Waals surface area contributed by atoms with Crippen molar-refractivity contribution in [1.82, 2.24) is 4.98 Å². The van der Waals surface area contributed by atoms with Crippen LogP contribution in [0, 0.1) is 13.8 Å². The SMILES string of the molecule is Cc1cc(C)c(C(=O)O)c(NCCS(C)=O)n1. The van der Waals surface area contributed by atoms with E-state index in [9.17, 15) is 9.00 Å². The highest BCUT2D eigenvalue weighted by Gasteiger charge is 2.15. The summed E-state index contributed by atoms with van der Waals surface area (Å²) in [4.78, 5) is 15.3. The number of nitrogens with one attached hydrogen (secondary N) is 1. The van der Waals surface area contributed by atoms with Crippen molar-refractivity contribution < 1.29 is 14.1 Å². The van der Waals surface area contributed by atoms with E-state index < -0.39 is 16.8 Å². The molecule has 0 aliphatic rings. The number of nitrogens with zero attached hydrogens (tertiary/aromatic N) is 1. The molecule has 0 aromatic carbocycles. The Bertz CT molecular complexity index is 460. The average molecular weight is 256 g/mol. The van der Waals surface area contributed by atoms with Crippen LogP contribution in [-0.2, 0) is 10.8 Å². The lowest BCUT2D eigenvalue weighted by molar-refractivity contribution is 0.0697. The Hall–Kier alpha value is -1.43. The standard InChI is InChI=1S/C11H16N2O3S/c1-7-6-8(2)13-10(9(7)11(14)15)12-4-5-17(3)16/h6H,4-5H2,1-3H3,(H,12,13)(H,14,15). The summed E-state index contributed by atoms with van der Waals surface area (Å²) in [6.07, 6.45) is 1.61. The first-order valence-electron chi connectivity index (χ1n) is 5.17. The average Bonchev–Trinajstić information content (AvgIpc) is 2.14. The summed E-state index contributed by atoms with van der Waals surface area (Å²) in [6, 6.07) is 1.73. The van der Waals surface area contributed by atoms with Gasteiger partial charge < -0.3 is 10.4 Å². The van der Waals surface area contributed by atoms with E-state index in [1.165, 1.54) is 0 Å². The van der Waals surface area contributed by atoms with E-state index in [4.69, 9.17) is 5.11 Å². The van der Waals surface area contributed by atoms with Crippen LogP contribution in [0.15, 0.2) is 6.07 Å². The van der Waals surface area contributed by atoms with E-state index in [-0.39, 0.29) is 5.56 Å². The molecule has 0 amide bonds. The Morgan fingerprint density at radius 1 is 1.53 bits per heavy atom. The number of aryl methyl sites for hydroxylation is 2. The van der Waals surface area contributed by atoms with Gasteiger partial charge in [-0.2, -0.15) is 0 Å². The normalized spacial score (nSPS) is 12.2. The zero-order chi connectivity index (χ0) is 13.0. The summed E-state index contributed by atoms with van der Waals surface area (Å²) in [7, 11) is -0.905. The Kier molecular flexibility index (Phi) is 4.62. The minimum absolute atomic E-state index is 0.178. The number of carbonyl (C=O) groups is 1. The molecule has 1 atom stereocenters. The van der Waals surface area contributed by atoms with Crippen LogP contribution in [0.4, 0.5) is 5.82 Å². The number of aromatic nitrogens is 1. The Morgan fingerprint density at radius 3 is 2.71 bits per heavy atom. The van der Waals surface area contributed by atoms with Gasteiger partial charge in [0.15, 0.2) is 0 Å². The molecule has 1 heterocycles. The molecule has 94 valence electrons. The maximum absolute atomic E-state index is 11.1. The third-order valence-corrected chi connectivity index (χ3v) is 3.02. The molecule has 0 radical (unpaired) electrons. The summed E-state index contributed by atoms with van der Waals surface area (Å²) >= 11 is 0. The van der Waals surface area contributed by atoms with Crippen molar-refractivity contribution in [3.63, 3.8) is 0 Å². The molecule has 1 unspecified atom stereocenters. The highest BCUT2D eigenvalue weighted by Crippen LogP contribution is 2.18. The molecule has 17 heavy (non-hydrogen) atoms. The summed E-state index contributed by atoms with van der Waals surface area (Å²) in [5.41, 5.74) is 1.61. The third kappa shape index (κ3) is 3.81. The van der Waals surface area contributed by atoms with Gasteiger partial charge in [0, 0.05) is 35.0 Å². The molecular formula is C11H16N2O3S. The van der Waals surface area contributed by atoms with Crippen molar-refractivity contribution >= 4 is 22.6 Å². The lowest BCUT2D eigenvalue weighted by Crippen LogP contribution is -2.15. The van der Waals surface area contributed by atoms with Gasteiger partial charge in [-0.25, -0.2) is 9.78 Å². The van der Waals surface area contributed by atoms with Gasteiger partial charge in [-0.3, -0.25) is 4.21 Å². The fourth-order valence-electron chi connectivity index (χ4n) is 1.55. The Balaban J connectivity index is 2.96. The highest BCUT2D eigenvalue weighted by molar-refractivity contribution is 7.84. The largest absolute Gasteiger partial charge is 0.478 e. The number of rotatable bonds is 5. The van der Waals surface area contributed by atoms with E-state index in [2.05, 4.69) is 10.3 Å². The summed E-state index contributed by atoms with van der Waals surface area (Å²) in [5, 5.41) is 12.0. The summed E-state index contributed by atoms with van der Waals surface area (Å²) in [5.74, 6) is -0.191. The second-order valence-corrected chi connectivity index (χ2v) is 5.37. The molecule has 0 bridgehead atoms. The monoisotopic (exact) mass is 256 g/mol. The number of hydrogen-bond donors (Lipinski definition) is 2. The van der Waals surface area contributed by atoms with Gasteiger partial charge in [0.05, 0.1) is 0 Å². The second-order valence-electron chi connectivity index (χ2n) is 3.81. The van der Waals surface area contributed by atoms with Crippen LogP contribution in [-0.4, -0.2) is 38.8 Å². The lowest BCUT2D eigenvalue weighted by Gasteiger charge is -2.11. The van der Waals surface area contributed by atoms with Crippen LogP contribution < -0.4 is 5.32 Å². The van der Waals surface area contributed by atoms with E-state index in [1.807, 2.05) is 6.92 Å². The number of carboxylic acid groups (broad SMARTS) is 1. The van der Waals surface area contributed by atoms with Crippen molar-refractivity contribution in [3.8, 4) is 0 Å². The molecule has 0 aliphatic carbocycles. The molecule has 1 aromatic heterocycles. The molecule has 6 heteroatoms. The van der Waals surface area contributed by atoms with Crippen LogP contribution >= 0.6 is 0 Å². The molecule has 0 saturated carbocycles. The predicted octanol–water partition coefficient (Wildman–Crippen LogP) is 1.19. The summed E-state index contributed by atoms with van der Waals surface area (Å²) < 4.78 is 10.9. The second kappa shape index (κ2) is 5.77. The number of pyridine rings is 1. The molecule has 1 aromatic rings. The van der Waals surface area contributed by atoms with Gasteiger partial charge in [-0.05, 0) is 25.5 Å². The van der Waals surface area contributed by atoms with Crippen LogP contribution in [0.25, 0.3) is 0 Å². The van der Waals surface area contributed by atoms with Crippen molar-refractivity contribution in [2.24, 2.45) is 0 Å². The topological polar surface area (TPSA) is 79.3 Å². The van der Waals surface area contributed by atoms with E-state index >= 15 is 0 Å². The van der Waals surface area contributed by atoms with E-state index in [0.29, 0.717) is 23.7 Å². The molecule has 5 nitrogen and oxygen atoms in total. The van der Waals surface area contributed by atoms with Crippen LogP contribution in [0.3, 0.4) is 0 Å². The first kappa shape index (κ1) is 13.6. The molecule has 0 saturated heterocycles. The number of aromatic carboxylic acids is 1. The van der Waals surface area contributed by atoms with Gasteiger partial charge >= 0.3 is 5.97 Å². The van der Waals surface area contributed by atoms with E-state index in [0.717, 1.165) is 5.69 Å². The van der Waals surface area contributed by atoms with Gasteiger partial charge in [-0.15, -0.1) is 0 Å². The van der Waals surface area contributed by atoms with Crippen molar-refractivity contribution in [2.45, 2.75) is 13.8 Å². The molecule has 2 N–H and O–H groups in total. The van der Waals surface area contributed by atoms with Crippen molar-refractivity contribution in [1.29, 1.82) is 0 Å². The maximum atomic E-state index is 11.1. The molecule has 0 spiro atoms. The number of hydrogen-bond acceptors (Lipinski definition) is 4. The van der Waals surface area contributed by atoms with Crippen LogP contribution in [0.2, 0.25) is 0 Å². The van der Waals surface area contributed by atoms with Gasteiger partial charge in [0.2, 0.25) is 0 Å². The lowest BCUT2D eigenvalue weighted by atomic mass is 10.1. The zero-order valence-corrected chi connectivity index (χ0v) is 10.9. The Morgan fingerprint density at radius 2 is 2.18 bits per heavy atom. The minimum atomic E-state index is -1.00. The Labute approximate surface area is 103 Å². The zero-order valence-electron chi connectivity index (χ0n) is 10.1. The number of carboxylic acids is 1. The highest BCUT2D eigenvalue weighted by atomic mass is 32.2. The predicted molar refractivity (Wildman–Crippen MR) is 68.1 cm³/mol. The fourth-order valence-corrected chi connectivity index (χ4v) is 1.94. The first-order chi connectivity index (χ1) is 7.91. The van der Waals surface area contributed by atoms with E-state index in [1.54, 1.807) is 19.2 Å². The van der Waals surface area contributed by atoms with Gasteiger partial charge in [0.25, 0.3) is 0 Å². The fraction of sp³-hybridized carbons (Fsp3) is 0.455. The quantitative estimate of drug-likeness (QED) is 0.827. The van der Waals surface area contributed by atoms with Crippen LogP contribution in [0.5, 0.6) is 0 Å². The van der Waals surface area contributed by atoms with Gasteiger partial charge in [0.1, 0.15) is 11.4 Å². The van der Waals surface area contributed by atoms with Crippen molar-refractivity contribution in [2.75, 3.05) is 23.9 Å². The van der Waals surface area contributed by atoms with Crippen molar-refractivity contribution in [3.05, 3.63) is 22.9 Å². The van der Waals surface area contributed by atoms with Crippen LogP contribution in [0.1, 0.15) is 21.6 Å². The molecular weight excluding hydrogens is 240 g/mol. The number of anilines is 1. The summed E-state index contributed by atoms with van der Waals surface area (Å²) in [6.45, 7) is 3.99. The van der Waals surface area contributed by atoms with Gasteiger partial charge in [-0.1, -0.05) is 0 Å². The first-order valence-corrected chi connectivity index (χ1v) is 6.90. The molecule has 0 fully saturated rings.